The van der Waals surface area contributed by atoms with Gasteiger partial charge in [0.2, 0.25) is 0 Å². The molecule has 1 heterocycles. The maximum absolute atomic E-state index is 4.53. The average Bonchev–Trinajstić information content (AvgIpc) is 3.14. The summed E-state index contributed by atoms with van der Waals surface area (Å²) in [6.07, 6.45) is 0. The Bertz CT molecular complexity index is 993. The van der Waals surface area contributed by atoms with E-state index in [2.05, 4.69) is 77.9 Å². The van der Waals surface area contributed by atoms with Crippen molar-refractivity contribution < 1.29 is 0 Å². The minimum absolute atomic E-state index is 0.696. The van der Waals surface area contributed by atoms with Crippen molar-refractivity contribution in [3.8, 4) is 22.5 Å². The first-order valence-corrected chi connectivity index (χ1v) is 10.1. The quantitative estimate of drug-likeness (QED) is 0.403. The van der Waals surface area contributed by atoms with E-state index in [1.807, 2.05) is 40.7 Å². The van der Waals surface area contributed by atoms with Crippen molar-refractivity contribution in [1.82, 2.24) is 15.0 Å². The smallest absolute Gasteiger partial charge is 0.121 e. The van der Waals surface area contributed by atoms with Crippen molar-refractivity contribution in [3.05, 3.63) is 90.5 Å². The van der Waals surface area contributed by atoms with Crippen molar-refractivity contribution in [3.63, 3.8) is 0 Å². The Labute approximate surface area is 164 Å². The van der Waals surface area contributed by atoms with Gasteiger partial charge in [-0.3, -0.25) is 0 Å². The fraction of sp³-hybridized carbons (Fsp3) is 0.130. The highest BCUT2D eigenvalue weighted by atomic mass is 32.2. The molecule has 0 unspecified atom stereocenters. The lowest BCUT2D eigenvalue weighted by atomic mass is 10.0. The van der Waals surface area contributed by atoms with E-state index in [-0.39, 0.29) is 0 Å². The molecule has 0 amide bonds. The lowest BCUT2D eigenvalue weighted by Gasteiger charge is -2.10. The van der Waals surface area contributed by atoms with Gasteiger partial charge >= 0.3 is 0 Å². The molecular weight excluding hydrogens is 350 g/mol. The van der Waals surface area contributed by atoms with Gasteiger partial charge < -0.3 is 0 Å². The minimum atomic E-state index is 0.696. The molecule has 0 radical (unpaired) electrons. The second-order valence-electron chi connectivity index (χ2n) is 6.25. The zero-order valence-electron chi connectivity index (χ0n) is 15.2. The molecule has 0 spiro atoms. The summed E-state index contributed by atoms with van der Waals surface area (Å²) in [5.41, 5.74) is 5.40. The van der Waals surface area contributed by atoms with Gasteiger partial charge in [0, 0.05) is 16.0 Å². The first-order chi connectivity index (χ1) is 13.3. The Hall–Kier alpha value is -2.85. The van der Waals surface area contributed by atoms with E-state index in [4.69, 9.17) is 0 Å². The molecule has 0 aliphatic carbocycles. The zero-order valence-corrected chi connectivity index (χ0v) is 16.1. The van der Waals surface area contributed by atoms with Crippen molar-refractivity contribution in [2.24, 2.45) is 0 Å². The van der Waals surface area contributed by atoms with Gasteiger partial charge in [-0.05, 0) is 23.4 Å². The van der Waals surface area contributed by atoms with Crippen LogP contribution in [0.25, 0.3) is 22.5 Å². The van der Waals surface area contributed by atoms with Gasteiger partial charge in [0.25, 0.3) is 0 Å². The summed E-state index contributed by atoms with van der Waals surface area (Å²) in [7, 11) is 0. The molecule has 0 saturated heterocycles. The number of hydrogen-bond acceptors (Lipinski definition) is 3. The number of thioether (sulfide) groups is 1. The Morgan fingerprint density at radius 2 is 1.44 bits per heavy atom. The second kappa shape index (κ2) is 8.23. The molecule has 0 saturated carbocycles. The Morgan fingerprint density at radius 1 is 0.778 bits per heavy atom. The molecule has 4 aromatic rings. The third-order valence-electron chi connectivity index (χ3n) is 4.40. The highest BCUT2D eigenvalue weighted by molar-refractivity contribution is 7.99. The SMILES string of the molecule is CCSc1ccc(-c2c(-c3ccccc3)nnn2Cc2ccccc2)cc1. The van der Waals surface area contributed by atoms with Gasteiger partial charge in [-0.25, -0.2) is 4.68 Å². The third-order valence-corrected chi connectivity index (χ3v) is 5.29. The Kier molecular flexibility index (Phi) is 5.35. The van der Waals surface area contributed by atoms with Crippen LogP contribution in [0.15, 0.2) is 89.8 Å². The lowest BCUT2D eigenvalue weighted by molar-refractivity contribution is 0.656. The van der Waals surface area contributed by atoms with E-state index < -0.39 is 0 Å². The van der Waals surface area contributed by atoms with Crippen molar-refractivity contribution in [1.29, 1.82) is 0 Å². The zero-order chi connectivity index (χ0) is 18.5. The second-order valence-corrected chi connectivity index (χ2v) is 7.59. The van der Waals surface area contributed by atoms with E-state index in [1.54, 1.807) is 0 Å². The van der Waals surface area contributed by atoms with Gasteiger partial charge in [0.05, 0.1) is 12.2 Å². The molecule has 1 aromatic heterocycles. The van der Waals surface area contributed by atoms with E-state index >= 15 is 0 Å². The summed E-state index contributed by atoms with van der Waals surface area (Å²) in [6.45, 7) is 2.87. The van der Waals surface area contributed by atoms with Crippen molar-refractivity contribution >= 4 is 11.8 Å². The number of benzene rings is 3. The van der Waals surface area contributed by atoms with E-state index in [0.717, 1.165) is 28.3 Å². The summed E-state index contributed by atoms with van der Waals surface area (Å²) in [5.74, 6) is 1.07. The minimum Gasteiger partial charge on any atom is -0.240 e. The van der Waals surface area contributed by atoms with Crippen LogP contribution >= 0.6 is 11.8 Å². The predicted molar refractivity (Wildman–Crippen MR) is 113 cm³/mol. The third kappa shape index (κ3) is 3.96. The van der Waals surface area contributed by atoms with Crippen LogP contribution in [-0.4, -0.2) is 20.7 Å². The lowest BCUT2D eigenvalue weighted by Crippen LogP contribution is -2.04. The largest absolute Gasteiger partial charge is 0.240 e. The van der Waals surface area contributed by atoms with Gasteiger partial charge in [-0.15, -0.1) is 16.9 Å². The molecule has 3 nitrogen and oxygen atoms in total. The van der Waals surface area contributed by atoms with Crippen LogP contribution in [0.2, 0.25) is 0 Å². The van der Waals surface area contributed by atoms with Gasteiger partial charge in [0.1, 0.15) is 5.69 Å². The molecule has 3 aromatic carbocycles. The molecule has 0 atom stereocenters. The number of rotatable bonds is 6. The molecule has 0 fully saturated rings. The Morgan fingerprint density at radius 3 is 2.11 bits per heavy atom. The summed E-state index contributed by atoms with van der Waals surface area (Å²) < 4.78 is 2.00. The van der Waals surface area contributed by atoms with Crippen LogP contribution in [0.5, 0.6) is 0 Å². The van der Waals surface area contributed by atoms with Crippen molar-refractivity contribution in [2.45, 2.75) is 18.4 Å². The molecule has 4 rings (SSSR count). The Balaban J connectivity index is 1.79. The molecule has 27 heavy (non-hydrogen) atoms. The molecule has 0 aliphatic rings. The molecule has 134 valence electrons. The molecule has 4 heteroatoms. The standard InChI is InChI=1S/C23H21N3S/c1-2-27-21-15-13-20(14-16-21)23-22(19-11-7-4-8-12-19)24-25-26(23)17-18-9-5-3-6-10-18/h3-16H,2,17H2,1H3. The number of nitrogens with zero attached hydrogens (tertiary/aromatic N) is 3. The maximum atomic E-state index is 4.53. The highest BCUT2D eigenvalue weighted by Crippen LogP contribution is 2.32. The summed E-state index contributed by atoms with van der Waals surface area (Å²) in [4.78, 5) is 1.28. The van der Waals surface area contributed by atoms with E-state index in [0.29, 0.717) is 6.54 Å². The van der Waals surface area contributed by atoms with Crippen LogP contribution < -0.4 is 0 Å². The first-order valence-electron chi connectivity index (χ1n) is 9.11. The fourth-order valence-electron chi connectivity index (χ4n) is 3.13. The molecular formula is C23H21N3S. The van der Waals surface area contributed by atoms with Gasteiger partial charge in [-0.1, -0.05) is 84.9 Å². The van der Waals surface area contributed by atoms with Crippen molar-refractivity contribution in [2.75, 3.05) is 5.75 Å². The van der Waals surface area contributed by atoms with Crippen LogP contribution in [0.4, 0.5) is 0 Å². The topological polar surface area (TPSA) is 30.7 Å². The normalized spacial score (nSPS) is 10.9. The van der Waals surface area contributed by atoms with Crippen LogP contribution in [0.1, 0.15) is 12.5 Å². The summed E-state index contributed by atoms with van der Waals surface area (Å²) >= 11 is 1.85. The summed E-state index contributed by atoms with van der Waals surface area (Å²) in [6, 6.07) is 29.4. The molecule has 0 N–H and O–H groups in total. The first kappa shape index (κ1) is 17.6. The van der Waals surface area contributed by atoms with E-state index in [9.17, 15) is 0 Å². The van der Waals surface area contributed by atoms with E-state index in [1.165, 1.54) is 10.5 Å². The maximum Gasteiger partial charge on any atom is 0.121 e. The van der Waals surface area contributed by atoms with Crippen LogP contribution in [0.3, 0.4) is 0 Å². The number of aromatic nitrogens is 3. The predicted octanol–water partition coefficient (Wildman–Crippen LogP) is 5.77. The van der Waals surface area contributed by atoms with Gasteiger partial charge in [-0.2, -0.15) is 0 Å². The van der Waals surface area contributed by atoms with Crippen LogP contribution in [-0.2, 0) is 6.54 Å². The van der Waals surface area contributed by atoms with Gasteiger partial charge in [0.15, 0.2) is 0 Å². The summed E-state index contributed by atoms with van der Waals surface area (Å²) in [5, 5.41) is 9.01. The molecule has 0 bridgehead atoms. The molecule has 0 aliphatic heterocycles. The van der Waals surface area contributed by atoms with Crippen LogP contribution in [0, 0.1) is 0 Å². The average molecular weight is 372 g/mol. The monoisotopic (exact) mass is 371 g/mol. The highest BCUT2D eigenvalue weighted by Gasteiger charge is 2.17. The fourth-order valence-corrected chi connectivity index (χ4v) is 3.79. The number of hydrogen-bond donors (Lipinski definition) is 0.